The lowest BCUT2D eigenvalue weighted by atomic mass is 10.1. The third-order valence-corrected chi connectivity index (χ3v) is 3.79. The van der Waals surface area contributed by atoms with Crippen LogP contribution in [0, 0.1) is 5.41 Å². The molecule has 0 unspecified atom stereocenters. The summed E-state index contributed by atoms with van der Waals surface area (Å²) < 4.78 is 11.1. The van der Waals surface area contributed by atoms with Gasteiger partial charge in [-0.2, -0.15) is 0 Å². The van der Waals surface area contributed by atoms with Crippen LogP contribution in [0.5, 0.6) is 11.5 Å². The van der Waals surface area contributed by atoms with Gasteiger partial charge in [-0.05, 0) is 48.7 Å². The fourth-order valence-electron chi connectivity index (χ4n) is 1.89. The molecule has 0 aliphatic rings. The maximum absolute atomic E-state index is 7.49. The number of nitrogens with two attached hydrogens (primary N) is 1. The van der Waals surface area contributed by atoms with Gasteiger partial charge in [-0.1, -0.05) is 0 Å². The Labute approximate surface area is 128 Å². The number of nitrogens with one attached hydrogen (secondary N) is 1. The van der Waals surface area contributed by atoms with Crippen molar-refractivity contribution in [3.8, 4) is 11.5 Å². The number of nitrogen functional groups attached to an aromatic ring is 1. The highest BCUT2D eigenvalue weighted by molar-refractivity contribution is 7.98. The Morgan fingerprint density at radius 3 is 2.48 bits per heavy atom. The van der Waals surface area contributed by atoms with E-state index >= 15 is 0 Å². The molecular weight excluding hydrogens is 284 g/mol. The van der Waals surface area contributed by atoms with Crippen LogP contribution in [0.25, 0.3) is 0 Å². The monoisotopic (exact) mass is 302 g/mol. The van der Waals surface area contributed by atoms with Crippen LogP contribution in [0.2, 0.25) is 0 Å². The minimum atomic E-state index is 0.0308. The Kier molecular flexibility index (Phi) is 5.11. The fourth-order valence-corrected chi connectivity index (χ4v) is 2.30. The number of benzene rings is 2. The molecule has 0 saturated heterocycles. The molecule has 21 heavy (non-hydrogen) atoms. The van der Waals surface area contributed by atoms with E-state index in [0.717, 1.165) is 17.1 Å². The van der Waals surface area contributed by atoms with Crippen molar-refractivity contribution in [2.75, 3.05) is 13.4 Å². The molecular formula is C16H18N2O2S. The first-order valence-electron chi connectivity index (χ1n) is 6.42. The summed E-state index contributed by atoms with van der Waals surface area (Å²) in [6, 6.07) is 13.3. The molecule has 4 nitrogen and oxygen atoms in total. The fraction of sp³-hybridized carbons (Fsp3) is 0.188. The molecule has 2 aromatic carbocycles. The van der Waals surface area contributed by atoms with Gasteiger partial charge in [0.05, 0.1) is 7.11 Å². The predicted molar refractivity (Wildman–Crippen MR) is 86.6 cm³/mol. The van der Waals surface area contributed by atoms with Gasteiger partial charge in [-0.25, -0.2) is 0 Å². The zero-order valence-electron chi connectivity index (χ0n) is 12.1. The second kappa shape index (κ2) is 7.04. The number of methoxy groups -OCH3 is 1. The van der Waals surface area contributed by atoms with E-state index in [1.807, 2.05) is 36.6 Å². The SMILES string of the molecule is COc1ccc(C(=N)N)cc1COc1ccc(SC)cc1. The molecule has 0 heterocycles. The smallest absolute Gasteiger partial charge is 0.125 e. The van der Waals surface area contributed by atoms with Crippen LogP contribution in [0.4, 0.5) is 0 Å². The summed E-state index contributed by atoms with van der Waals surface area (Å²) in [5.74, 6) is 1.55. The van der Waals surface area contributed by atoms with Crippen LogP contribution >= 0.6 is 11.8 Å². The van der Waals surface area contributed by atoms with E-state index < -0.39 is 0 Å². The van der Waals surface area contributed by atoms with Crippen LogP contribution in [-0.4, -0.2) is 19.2 Å². The van der Waals surface area contributed by atoms with E-state index in [-0.39, 0.29) is 5.84 Å². The summed E-state index contributed by atoms with van der Waals surface area (Å²) in [7, 11) is 1.61. The van der Waals surface area contributed by atoms with Gasteiger partial charge in [0.2, 0.25) is 0 Å². The van der Waals surface area contributed by atoms with Crippen molar-refractivity contribution in [3.63, 3.8) is 0 Å². The highest BCUT2D eigenvalue weighted by Crippen LogP contribution is 2.23. The third kappa shape index (κ3) is 3.92. The first-order valence-corrected chi connectivity index (χ1v) is 7.64. The molecule has 0 aliphatic carbocycles. The number of hydrogen-bond acceptors (Lipinski definition) is 4. The summed E-state index contributed by atoms with van der Waals surface area (Å²) in [6.07, 6.45) is 2.04. The number of thioether (sulfide) groups is 1. The minimum absolute atomic E-state index is 0.0308. The molecule has 0 spiro atoms. The second-order valence-corrected chi connectivity index (χ2v) is 5.28. The average Bonchev–Trinajstić information content (AvgIpc) is 2.53. The van der Waals surface area contributed by atoms with Crippen LogP contribution in [0.15, 0.2) is 47.4 Å². The van der Waals surface area contributed by atoms with Gasteiger partial charge >= 0.3 is 0 Å². The maximum Gasteiger partial charge on any atom is 0.125 e. The van der Waals surface area contributed by atoms with Crippen molar-refractivity contribution >= 4 is 17.6 Å². The molecule has 0 atom stereocenters. The van der Waals surface area contributed by atoms with Crippen molar-refractivity contribution in [1.82, 2.24) is 0 Å². The lowest BCUT2D eigenvalue weighted by Crippen LogP contribution is -2.12. The van der Waals surface area contributed by atoms with E-state index in [1.54, 1.807) is 31.0 Å². The molecule has 0 fully saturated rings. The number of rotatable bonds is 6. The van der Waals surface area contributed by atoms with Gasteiger partial charge in [0.15, 0.2) is 0 Å². The lowest BCUT2D eigenvalue weighted by Gasteiger charge is -2.12. The van der Waals surface area contributed by atoms with Crippen LogP contribution in [0.1, 0.15) is 11.1 Å². The van der Waals surface area contributed by atoms with E-state index in [0.29, 0.717) is 12.2 Å². The van der Waals surface area contributed by atoms with E-state index in [9.17, 15) is 0 Å². The van der Waals surface area contributed by atoms with Crippen molar-refractivity contribution in [2.45, 2.75) is 11.5 Å². The highest BCUT2D eigenvalue weighted by Gasteiger charge is 2.07. The molecule has 110 valence electrons. The first-order chi connectivity index (χ1) is 10.1. The predicted octanol–water partition coefficient (Wildman–Crippen LogP) is 3.28. The van der Waals surface area contributed by atoms with E-state index in [2.05, 4.69) is 0 Å². The van der Waals surface area contributed by atoms with Crippen LogP contribution in [0.3, 0.4) is 0 Å². The number of hydrogen-bond donors (Lipinski definition) is 2. The first kappa shape index (κ1) is 15.3. The maximum atomic E-state index is 7.49. The average molecular weight is 302 g/mol. The normalized spacial score (nSPS) is 10.2. The lowest BCUT2D eigenvalue weighted by molar-refractivity contribution is 0.296. The quantitative estimate of drug-likeness (QED) is 0.488. The van der Waals surface area contributed by atoms with Crippen molar-refractivity contribution < 1.29 is 9.47 Å². The Morgan fingerprint density at radius 1 is 1.19 bits per heavy atom. The summed E-state index contributed by atoms with van der Waals surface area (Å²) in [5.41, 5.74) is 7.03. The molecule has 0 amide bonds. The topological polar surface area (TPSA) is 68.3 Å². The second-order valence-electron chi connectivity index (χ2n) is 4.40. The largest absolute Gasteiger partial charge is 0.496 e. The Hall–Kier alpha value is -2.14. The molecule has 0 aliphatic heterocycles. The van der Waals surface area contributed by atoms with Crippen LogP contribution in [-0.2, 0) is 6.61 Å². The molecule has 0 bridgehead atoms. The van der Waals surface area contributed by atoms with E-state index in [1.165, 1.54) is 4.90 Å². The van der Waals surface area contributed by atoms with Gasteiger partial charge in [-0.15, -0.1) is 11.8 Å². The van der Waals surface area contributed by atoms with Crippen molar-refractivity contribution in [1.29, 1.82) is 5.41 Å². The summed E-state index contributed by atoms with van der Waals surface area (Å²) in [5, 5.41) is 7.49. The Balaban J connectivity index is 2.13. The molecule has 0 saturated carbocycles. The van der Waals surface area contributed by atoms with Gasteiger partial charge in [-0.3, -0.25) is 5.41 Å². The molecule has 2 aromatic rings. The van der Waals surface area contributed by atoms with Crippen molar-refractivity contribution in [3.05, 3.63) is 53.6 Å². The third-order valence-electron chi connectivity index (χ3n) is 3.05. The highest BCUT2D eigenvalue weighted by atomic mass is 32.2. The van der Waals surface area contributed by atoms with E-state index in [4.69, 9.17) is 20.6 Å². The molecule has 3 N–H and O–H groups in total. The Morgan fingerprint density at radius 2 is 1.90 bits per heavy atom. The Bertz CT molecular complexity index is 627. The summed E-state index contributed by atoms with van der Waals surface area (Å²) >= 11 is 1.69. The minimum Gasteiger partial charge on any atom is -0.496 e. The number of amidine groups is 1. The molecule has 5 heteroatoms. The molecule has 2 rings (SSSR count). The van der Waals surface area contributed by atoms with Crippen LogP contribution < -0.4 is 15.2 Å². The standard InChI is InChI=1S/C16H18N2O2S/c1-19-15-8-3-11(16(17)18)9-12(15)10-20-13-4-6-14(21-2)7-5-13/h3-9H,10H2,1-2H3,(H3,17,18). The molecule has 0 aromatic heterocycles. The number of ether oxygens (including phenoxy) is 2. The van der Waals surface area contributed by atoms with Gasteiger partial charge in [0.1, 0.15) is 23.9 Å². The van der Waals surface area contributed by atoms with Gasteiger partial charge in [0, 0.05) is 16.0 Å². The zero-order chi connectivity index (χ0) is 15.2. The summed E-state index contributed by atoms with van der Waals surface area (Å²) in [6.45, 7) is 0.364. The zero-order valence-corrected chi connectivity index (χ0v) is 12.9. The van der Waals surface area contributed by atoms with Gasteiger partial charge < -0.3 is 15.2 Å². The van der Waals surface area contributed by atoms with Gasteiger partial charge in [0.25, 0.3) is 0 Å². The summed E-state index contributed by atoms with van der Waals surface area (Å²) in [4.78, 5) is 1.19. The van der Waals surface area contributed by atoms with Crippen molar-refractivity contribution in [2.24, 2.45) is 5.73 Å². The molecule has 0 radical (unpaired) electrons.